The van der Waals surface area contributed by atoms with E-state index in [2.05, 4.69) is 17.3 Å². The number of pyridine rings is 1. The molecule has 0 aliphatic carbocycles. The third-order valence-corrected chi connectivity index (χ3v) is 2.47. The molecule has 0 aliphatic heterocycles. The molecule has 1 rings (SSSR count). The molecule has 0 saturated heterocycles. The molecular formula is C12H21N3O2. The van der Waals surface area contributed by atoms with Gasteiger partial charge in [-0.15, -0.1) is 0 Å². The van der Waals surface area contributed by atoms with Gasteiger partial charge in [0.15, 0.2) is 0 Å². The maximum atomic E-state index is 5.54. The van der Waals surface area contributed by atoms with E-state index < -0.39 is 0 Å². The van der Waals surface area contributed by atoms with E-state index in [0.29, 0.717) is 6.61 Å². The van der Waals surface area contributed by atoms with Crippen molar-refractivity contribution in [1.82, 2.24) is 10.4 Å². The van der Waals surface area contributed by atoms with Gasteiger partial charge in [-0.05, 0) is 24.5 Å². The molecule has 0 spiro atoms. The molecule has 0 saturated carbocycles. The molecule has 96 valence electrons. The van der Waals surface area contributed by atoms with Crippen molar-refractivity contribution in [2.45, 2.75) is 25.8 Å². The third-order valence-electron chi connectivity index (χ3n) is 2.47. The summed E-state index contributed by atoms with van der Waals surface area (Å²) in [7, 11) is 1.62. The summed E-state index contributed by atoms with van der Waals surface area (Å²) >= 11 is 0. The van der Waals surface area contributed by atoms with Gasteiger partial charge in [0.2, 0.25) is 0 Å². The predicted octanol–water partition coefficient (Wildman–Crippen LogP) is 1.41. The summed E-state index contributed by atoms with van der Waals surface area (Å²) in [6.07, 6.45) is 5.30. The standard InChI is InChI=1S/C12H21N3O2/c1-3-5-17-6-4-12(15-13)10-7-11(16-2)9-14-8-10/h7-9,12,15H,3-6,13H2,1-2H3. The lowest BCUT2D eigenvalue weighted by molar-refractivity contribution is 0.124. The second-order valence-corrected chi connectivity index (χ2v) is 3.78. The minimum atomic E-state index is 0.0365. The first kappa shape index (κ1) is 13.9. The quantitative estimate of drug-likeness (QED) is 0.408. The maximum absolute atomic E-state index is 5.54. The minimum absolute atomic E-state index is 0.0365. The Balaban J connectivity index is 2.53. The Bertz CT molecular complexity index is 320. The van der Waals surface area contributed by atoms with Gasteiger partial charge in [0.25, 0.3) is 0 Å². The number of aromatic nitrogens is 1. The van der Waals surface area contributed by atoms with Gasteiger partial charge in [-0.2, -0.15) is 0 Å². The number of nitrogens with zero attached hydrogens (tertiary/aromatic N) is 1. The Hall–Kier alpha value is -1.17. The second-order valence-electron chi connectivity index (χ2n) is 3.78. The topological polar surface area (TPSA) is 69.4 Å². The lowest BCUT2D eigenvalue weighted by Crippen LogP contribution is -2.29. The zero-order chi connectivity index (χ0) is 12.5. The molecule has 1 unspecified atom stereocenters. The van der Waals surface area contributed by atoms with Crippen molar-refractivity contribution in [2.75, 3.05) is 20.3 Å². The van der Waals surface area contributed by atoms with E-state index in [1.54, 1.807) is 19.5 Å². The number of nitrogens with two attached hydrogens (primary N) is 1. The van der Waals surface area contributed by atoms with Crippen LogP contribution >= 0.6 is 0 Å². The van der Waals surface area contributed by atoms with Gasteiger partial charge < -0.3 is 9.47 Å². The van der Waals surface area contributed by atoms with Crippen LogP contribution in [-0.4, -0.2) is 25.3 Å². The number of ether oxygens (including phenoxy) is 2. The average molecular weight is 239 g/mol. The highest BCUT2D eigenvalue weighted by Crippen LogP contribution is 2.19. The SMILES string of the molecule is CCCOCCC(NN)c1cncc(OC)c1. The number of hydrogen-bond acceptors (Lipinski definition) is 5. The molecule has 17 heavy (non-hydrogen) atoms. The van der Waals surface area contributed by atoms with Crippen LogP contribution in [0.4, 0.5) is 0 Å². The van der Waals surface area contributed by atoms with Crippen LogP contribution in [0.3, 0.4) is 0 Å². The minimum Gasteiger partial charge on any atom is -0.495 e. The third kappa shape index (κ3) is 4.68. The smallest absolute Gasteiger partial charge is 0.137 e. The normalized spacial score (nSPS) is 12.4. The highest BCUT2D eigenvalue weighted by molar-refractivity contribution is 5.25. The fourth-order valence-corrected chi connectivity index (χ4v) is 1.53. The van der Waals surface area contributed by atoms with Crippen molar-refractivity contribution in [3.8, 4) is 5.75 Å². The van der Waals surface area contributed by atoms with Crippen LogP contribution in [0.5, 0.6) is 5.75 Å². The van der Waals surface area contributed by atoms with Crippen molar-refractivity contribution >= 4 is 0 Å². The summed E-state index contributed by atoms with van der Waals surface area (Å²) in [5.41, 5.74) is 3.78. The van der Waals surface area contributed by atoms with E-state index in [1.807, 2.05) is 6.07 Å². The summed E-state index contributed by atoms with van der Waals surface area (Å²) < 4.78 is 10.6. The van der Waals surface area contributed by atoms with Crippen molar-refractivity contribution < 1.29 is 9.47 Å². The predicted molar refractivity (Wildman–Crippen MR) is 66.6 cm³/mol. The van der Waals surface area contributed by atoms with Crippen LogP contribution in [0.1, 0.15) is 31.4 Å². The largest absolute Gasteiger partial charge is 0.495 e. The van der Waals surface area contributed by atoms with Crippen LogP contribution in [0.15, 0.2) is 18.5 Å². The monoisotopic (exact) mass is 239 g/mol. The molecule has 0 fully saturated rings. The Morgan fingerprint density at radius 1 is 1.41 bits per heavy atom. The Morgan fingerprint density at radius 2 is 2.24 bits per heavy atom. The van der Waals surface area contributed by atoms with Gasteiger partial charge in [-0.25, -0.2) is 0 Å². The Labute approximate surface area is 102 Å². The van der Waals surface area contributed by atoms with E-state index in [-0.39, 0.29) is 6.04 Å². The summed E-state index contributed by atoms with van der Waals surface area (Å²) in [6.45, 7) is 3.55. The first-order chi connectivity index (χ1) is 8.31. The van der Waals surface area contributed by atoms with Gasteiger partial charge in [-0.1, -0.05) is 6.92 Å². The van der Waals surface area contributed by atoms with Gasteiger partial charge in [0, 0.05) is 25.5 Å². The van der Waals surface area contributed by atoms with E-state index >= 15 is 0 Å². The Morgan fingerprint density at radius 3 is 2.88 bits per heavy atom. The van der Waals surface area contributed by atoms with Gasteiger partial charge in [-0.3, -0.25) is 16.3 Å². The van der Waals surface area contributed by atoms with Crippen LogP contribution in [0.25, 0.3) is 0 Å². The zero-order valence-corrected chi connectivity index (χ0v) is 10.5. The molecule has 3 N–H and O–H groups in total. The molecule has 5 heteroatoms. The molecule has 0 amide bonds. The lowest BCUT2D eigenvalue weighted by atomic mass is 10.1. The fourth-order valence-electron chi connectivity index (χ4n) is 1.53. The highest BCUT2D eigenvalue weighted by atomic mass is 16.5. The zero-order valence-electron chi connectivity index (χ0n) is 10.5. The second kappa shape index (κ2) is 8.00. The first-order valence-electron chi connectivity index (χ1n) is 5.84. The van der Waals surface area contributed by atoms with Crippen molar-refractivity contribution in [3.05, 3.63) is 24.0 Å². The van der Waals surface area contributed by atoms with Crippen LogP contribution in [0.2, 0.25) is 0 Å². The van der Waals surface area contributed by atoms with E-state index in [1.165, 1.54) is 0 Å². The molecule has 0 radical (unpaired) electrons. The molecule has 1 aromatic heterocycles. The number of hydrogen-bond donors (Lipinski definition) is 2. The van der Waals surface area contributed by atoms with Crippen LogP contribution in [0, 0.1) is 0 Å². The van der Waals surface area contributed by atoms with Crippen molar-refractivity contribution in [1.29, 1.82) is 0 Å². The summed E-state index contributed by atoms with van der Waals surface area (Å²) in [6, 6.07) is 1.96. The Kier molecular flexibility index (Phi) is 6.54. The summed E-state index contributed by atoms with van der Waals surface area (Å²) in [5, 5.41) is 0. The van der Waals surface area contributed by atoms with Gasteiger partial charge in [0.1, 0.15) is 5.75 Å². The maximum Gasteiger partial charge on any atom is 0.137 e. The van der Waals surface area contributed by atoms with Crippen LogP contribution in [-0.2, 0) is 4.74 Å². The average Bonchev–Trinajstić information content (AvgIpc) is 2.39. The number of hydrazine groups is 1. The lowest BCUT2D eigenvalue weighted by Gasteiger charge is -2.16. The molecule has 5 nitrogen and oxygen atoms in total. The number of rotatable bonds is 8. The van der Waals surface area contributed by atoms with Gasteiger partial charge >= 0.3 is 0 Å². The first-order valence-corrected chi connectivity index (χ1v) is 5.84. The molecular weight excluding hydrogens is 218 g/mol. The van der Waals surface area contributed by atoms with Crippen molar-refractivity contribution in [3.63, 3.8) is 0 Å². The van der Waals surface area contributed by atoms with Gasteiger partial charge in [0.05, 0.1) is 13.3 Å². The number of nitrogens with one attached hydrogen (secondary N) is 1. The number of methoxy groups -OCH3 is 1. The van der Waals surface area contributed by atoms with E-state index in [4.69, 9.17) is 15.3 Å². The van der Waals surface area contributed by atoms with Crippen molar-refractivity contribution in [2.24, 2.45) is 5.84 Å². The molecule has 1 heterocycles. The molecule has 1 aromatic rings. The molecule has 0 bridgehead atoms. The van der Waals surface area contributed by atoms with E-state index in [9.17, 15) is 0 Å². The summed E-state index contributed by atoms with van der Waals surface area (Å²) in [4.78, 5) is 4.11. The molecule has 0 aromatic carbocycles. The van der Waals surface area contributed by atoms with E-state index in [0.717, 1.165) is 30.8 Å². The van der Waals surface area contributed by atoms with Crippen LogP contribution < -0.4 is 16.0 Å². The highest BCUT2D eigenvalue weighted by Gasteiger charge is 2.10. The fraction of sp³-hybridized carbons (Fsp3) is 0.583. The molecule has 0 aliphatic rings. The summed E-state index contributed by atoms with van der Waals surface area (Å²) in [5.74, 6) is 6.27. The molecule has 1 atom stereocenters.